The molecule has 0 spiro atoms. The van der Waals surface area contributed by atoms with E-state index in [0.29, 0.717) is 5.56 Å². The van der Waals surface area contributed by atoms with Gasteiger partial charge < -0.3 is 5.32 Å². The van der Waals surface area contributed by atoms with E-state index in [2.05, 4.69) is 22.4 Å². The molecule has 0 aliphatic carbocycles. The molecule has 0 aromatic heterocycles. The van der Waals surface area contributed by atoms with E-state index in [1.165, 1.54) is 12.3 Å². The lowest BCUT2D eigenvalue weighted by atomic mass is 9.92. The van der Waals surface area contributed by atoms with E-state index in [9.17, 15) is 9.18 Å². The third kappa shape index (κ3) is 5.01. The molecule has 2 aromatic carbocycles. The van der Waals surface area contributed by atoms with Crippen LogP contribution in [0.15, 0.2) is 60.2 Å². The zero-order valence-corrected chi connectivity index (χ0v) is 14.6. The molecule has 2 rings (SSSR count). The van der Waals surface area contributed by atoms with Gasteiger partial charge in [-0.25, -0.2) is 14.6 Å². The molecule has 2 amide bonds. The summed E-state index contributed by atoms with van der Waals surface area (Å²) < 4.78 is 13.5. The molecule has 0 heterocycles. The topological polar surface area (TPSA) is 53.5 Å². The van der Waals surface area contributed by atoms with Gasteiger partial charge in [0.25, 0.3) is 0 Å². The Morgan fingerprint density at radius 1 is 1.20 bits per heavy atom. The summed E-state index contributed by atoms with van der Waals surface area (Å²) in [5.41, 5.74) is 4.97. The average Bonchev–Trinajstić information content (AvgIpc) is 2.56. The van der Waals surface area contributed by atoms with Crippen molar-refractivity contribution < 1.29 is 9.18 Å². The average molecular weight is 339 g/mol. The zero-order valence-electron chi connectivity index (χ0n) is 14.6. The number of carbonyl (C=O) groups is 1. The fourth-order valence-corrected chi connectivity index (χ4v) is 2.30. The number of hydrazone groups is 1. The SMILES string of the molecule is C=C(C)c1cccc(C(C)(C)NC(=O)NN=Cc2ccccc2F)c1. The highest BCUT2D eigenvalue weighted by Gasteiger charge is 2.23. The van der Waals surface area contributed by atoms with E-state index < -0.39 is 17.4 Å². The molecule has 0 bridgehead atoms. The molecule has 0 saturated heterocycles. The van der Waals surface area contributed by atoms with Gasteiger partial charge in [0.2, 0.25) is 0 Å². The second kappa shape index (κ2) is 7.75. The maximum atomic E-state index is 13.5. The second-order valence-corrected chi connectivity index (χ2v) is 6.33. The van der Waals surface area contributed by atoms with E-state index in [4.69, 9.17) is 0 Å². The van der Waals surface area contributed by atoms with Gasteiger partial charge in [0, 0.05) is 5.56 Å². The van der Waals surface area contributed by atoms with Crippen LogP contribution in [0.4, 0.5) is 9.18 Å². The molecule has 130 valence electrons. The van der Waals surface area contributed by atoms with Crippen molar-refractivity contribution in [2.24, 2.45) is 5.10 Å². The van der Waals surface area contributed by atoms with Crippen molar-refractivity contribution in [1.29, 1.82) is 0 Å². The van der Waals surface area contributed by atoms with Gasteiger partial charge in [0.15, 0.2) is 0 Å². The lowest BCUT2D eigenvalue weighted by Crippen LogP contribution is -2.45. The summed E-state index contributed by atoms with van der Waals surface area (Å²) in [7, 11) is 0. The normalized spacial score (nSPS) is 11.4. The number of rotatable bonds is 5. The first-order valence-corrected chi connectivity index (χ1v) is 7.92. The smallest absolute Gasteiger partial charge is 0.328 e. The number of nitrogens with one attached hydrogen (secondary N) is 2. The summed E-state index contributed by atoms with van der Waals surface area (Å²) in [6.07, 6.45) is 1.27. The molecule has 0 aliphatic rings. The minimum Gasteiger partial charge on any atom is -0.328 e. The maximum Gasteiger partial charge on any atom is 0.335 e. The number of allylic oxidation sites excluding steroid dienone is 1. The van der Waals surface area contributed by atoms with Crippen LogP contribution in [0, 0.1) is 5.82 Å². The van der Waals surface area contributed by atoms with Crippen molar-refractivity contribution in [2.45, 2.75) is 26.3 Å². The number of hydrogen-bond donors (Lipinski definition) is 2. The molecule has 2 N–H and O–H groups in total. The van der Waals surface area contributed by atoms with Gasteiger partial charge in [0.05, 0.1) is 11.8 Å². The van der Waals surface area contributed by atoms with Crippen LogP contribution in [0.2, 0.25) is 0 Å². The van der Waals surface area contributed by atoms with Crippen LogP contribution in [-0.2, 0) is 5.54 Å². The minimum absolute atomic E-state index is 0.302. The molecule has 0 unspecified atom stereocenters. The molecule has 0 saturated carbocycles. The highest BCUT2D eigenvalue weighted by Crippen LogP contribution is 2.23. The Morgan fingerprint density at radius 2 is 1.92 bits per heavy atom. The van der Waals surface area contributed by atoms with E-state index in [1.54, 1.807) is 18.2 Å². The summed E-state index contributed by atoms with van der Waals surface area (Å²) in [4.78, 5) is 12.1. The van der Waals surface area contributed by atoms with Gasteiger partial charge in [-0.2, -0.15) is 5.10 Å². The largest absolute Gasteiger partial charge is 0.335 e. The Hall–Kier alpha value is -2.95. The lowest BCUT2D eigenvalue weighted by Gasteiger charge is -2.27. The van der Waals surface area contributed by atoms with Crippen molar-refractivity contribution in [3.05, 3.63) is 77.6 Å². The molecular weight excluding hydrogens is 317 g/mol. The highest BCUT2D eigenvalue weighted by atomic mass is 19.1. The van der Waals surface area contributed by atoms with Crippen LogP contribution in [0.25, 0.3) is 5.57 Å². The van der Waals surface area contributed by atoms with Crippen molar-refractivity contribution in [3.8, 4) is 0 Å². The van der Waals surface area contributed by atoms with Crippen molar-refractivity contribution >= 4 is 17.8 Å². The molecule has 0 aliphatic heterocycles. The van der Waals surface area contributed by atoms with Crippen LogP contribution in [0.5, 0.6) is 0 Å². The number of urea groups is 1. The van der Waals surface area contributed by atoms with Gasteiger partial charge in [-0.15, -0.1) is 0 Å². The van der Waals surface area contributed by atoms with Crippen LogP contribution in [0.1, 0.15) is 37.5 Å². The monoisotopic (exact) mass is 339 g/mol. The zero-order chi connectivity index (χ0) is 18.4. The van der Waals surface area contributed by atoms with Gasteiger partial charge >= 0.3 is 6.03 Å². The van der Waals surface area contributed by atoms with E-state index in [-0.39, 0.29) is 0 Å². The maximum absolute atomic E-state index is 13.5. The van der Waals surface area contributed by atoms with Crippen molar-refractivity contribution in [2.75, 3.05) is 0 Å². The Kier molecular flexibility index (Phi) is 5.70. The number of halogens is 1. The Bertz CT molecular complexity index is 812. The van der Waals surface area contributed by atoms with Crippen molar-refractivity contribution in [1.82, 2.24) is 10.7 Å². The molecule has 0 atom stereocenters. The van der Waals surface area contributed by atoms with Crippen LogP contribution < -0.4 is 10.7 Å². The molecule has 5 heteroatoms. The van der Waals surface area contributed by atoms with Crippen LogP contribution in [0.3, 0.4) is 0 Å². The van der Waals surface area contributed by atoms with Gasteiger partial charge in [0.1, 0.15) is 5.82 Å². The standard InChI is InChI=1S/C20H22FN3O/c1-14(2)15-9-7-10-17(12-15)20(3,4)23-19(25)24-22-13-16-8-5-6-11-18(16)21/h5-13H,1H2,2-4H3,(H2,23,24,25). The third-order valence-electron chi connectivity index (χ3n) is 3.78. The number of benzene rings is 2. The van der Waals surface area contributed by atoms with E-state index in [1.807, 2.05) is 45.0 Å². The quantitative estimate of drug-likeness (QED) is 0.614. The predicted octanol–water partition coefficient (Wildman–Crippen LogP) is 4.43. The minimum atomic E-state index is -0.608. The van der Waals surface area contributed by atoms with Gasteiger partial charge in [-0.05, 0) is 44.0 Å². The summed E-state index contributed by atoms with van der Waals surface area (Å²) in [5.74, 6) is -0.398. The first kappa shape index (κ1) is 18.4. The van der Waals surface area contributed by atoms with Crippen LogP contribution >= 0.6 is 0 Å². The summed E-state index contributed by atoms with van der Waals surface area (Å²) in [6, 6.07) is 13.6. The molecule has 4 nitrogen and oxygen atoms in total. The van der Waals surface area contributed by atoms with Crippen LogP contribution in [-0.4, -0.2) is 12.2 Å². The number of hydrogen-bond acceptors (Lipinski definition) is 2. The summed E-state index contributed by atoms with van der Waals surface area (Å²) >= 11 is 0. The summed E-state index contributed by atoms with van der Waals surface area (Å²) in [5, 5.41) is 6.64. The lowest BCUT2D eigenvalue weighted by molar-refractivity contribution is 0.230. The van der Waals surface area contributed by atoms with Gasteiger partial charge in [-0.1, -0.05) is 48.6 Å². The Labute approximate surface area is 147 Å². The molecular formula is C20H22FN3O. The molecule has 0 radical (unpaired) electrons. The predicted molar refractivity (Wildman–Crippen MR) is 99.8 cm³/mol. The third-order valence-corrected chi connectivity index (χ3v) is 3.78. The van der Waals surface area contributed by atoms with Crippen molar-refractivity contribution in [3.63, 3.8) is 0 Å². The number of amides is 2. The van der Waals surface area contributed by atoms with Gasteiger partial charge in [-0.3, -0.25) is 0 Å². The first-order chi connectivity index (χ1) is 11.8. The highest BCUT2D eigenvalue weighted by molar-refractivity contribution is 5.82. The van der Waals surface area contributed by atoms with E-state index in [0.717, 1.165) is 16.7 Å². The number of carbonyl (C=O) groups excluding carboxylic acids is 1. The molecule has 25 heavy (non-hydrogen) atoms. The number of nitrogens with zero attached hydrogens (tertiary/aromatic N) is 1. The second-order valence-electron chi connectivity index (χ2n) is 6.33. The van der Waals surface area contributed by atoms with E-state index >= 15 is 0 Å². The molecule has 2 aromatic rings. The first-order valence-electron chi connectivity index (χ1n) is 7.92. The fraction of sp³-hybridized carbons (Fsp3) is 0.200. The Morgan fingerprint density at radius 3 is 2.60 bits per heavy atom. The fourth-order valence-electron chi connectivity index (χ4n) is 2.30. The summed E-state index contributed by atoms with van der Waals surface area (Å²) in [6.45, 7) is 9.66. The Balaban J connectivity index is 2.02. The molecule has 0 fully saturated rings.